The molecule has 0 aliphatic carbocycles. The molecule has 0 saturated carbocycles. The number of benzene rings is 2. The Morgan fingerprint density at radius 1 is 1.06 bits per heavy atom. The van der Waals surface area contributed by atoms with E-state index in [1.807, 2.05) is 37.4 Å². The molecule has 2 aromatic carbocycles. The number of nitrogen functional groups attached to an aromatic ring is 1. The van der Waals surface area contributed by atoms with Crippen LogP contribution in [-0.4, -0.2) is 7.05 Å². The summed E-state index contributed by atoms with van der Waals surface area (Å²) in [7, 11) is 1.91. The monoisotopic (exact) mass is 246 g/mol. The molecule has 0 aromatic heterocycles. The van der Waals surface area contributed by atoms with Gasteiger partial charge in [0, 0.05) is 18.3 Å². The normalized spacial score (nSPS) is 10.3. The van der Waals surface area contributed by atoms with Crippen molar-refractivity contribution >= 4 is 23.0 Å². The molecule has 0 aliphatic heterocycles. The average molecular weight is 247 g/mol. The number of nitrogens with one attached hydrogen (secondary N) is 1. The summed E-state index contributed by atoms with van der Waals surface area (Å²) in [5.41, 5.74) is 10.8. The molecular formula is C14H15ClN2. The van der Waals surface area contributed by atoms with Crippen molar-refractivity contribution in [2.24, 2.45) is 0 Å². The van der Waals surface area contributed by atoms with E-state index in [0.717, 1.165) is 16.8 Å². The molecule has 0 spiro atoms. The van der Waals surface area contributed by atoms with E-state index in [9.17, 15) is 0 Å². The van der Waals surface area contributed by atoms with Crippen LogP contribution in [0.3, 0.4) is 0 Å². The number of nitrogens with two attached hydrogens (primary N) is 1. The van der Waals surface area contributed by atoms with Gasteiger partial charge in [-0.1, -0.05) is 35.9 Å². The van der Waals surface area contributed by atoms with Crippen molar-refractivity contribution in [3.05, 3.63) is 47.0 Å². The molecule has 0 aliphatic rings. The largest absolute Gasteiger partial charge is 0.398 e. The summed E-state index contributed by atoms with van der Waals surface area (Å²) >= 11 is 6.25. The molecule has 2 rings (SSSR count). The van der Waals surface area contributed by atoms with Gasteiger partial charge in [-0.2, -0.15) is 0 Å². The highest BCUT2D eigenvalue weighted by atomic mass is 35.5. The molecule has 2 nitrogen and oxygen atoms in total. The molecule has 0 unspecified atom stereocenters. The number of anilines is 2. The minimum atomic E-state index is 0.610. The van der Waals surface area contributed by atoms with Crippen molar-refractivity contribution in [3.63, 3.8) is 0 Å². The molecule has 3 N–H and O–H groups in total. The van der Waals surface area contributed by atoms with E-state index in [4.69, 9.17) is 17.3 Å². The molecule has 0 radical (unpaired) electrons. The second kappa shape index (κ2) is 4.68. The summed E-state index contributed by atoms with van der Waals surface area (Å²) in [5.74, 6) is 0. The number of rotatable bonds is 2. The molecule has 0 bridgehead atoms. The standard InChI is InChI=1S/C14H15ClN2/c1-9-10(5-4-8-13(9)17-2)11-6-3-7-12(16)14(11)15/h3-8,17H,16H2,1-2H3. The van der Waals surface area contributed by atoms with Gasteiger partial charge in [0.15, 0.2) is 0 Å². The molecule has 17 heavy (non-hydrogen) atoms. The van der Waals surface area contributed by atoms with Crippen LogP contribution in [0.4, 0.5) is 11.4 Å². The van der Waals surface area contributed by atoms with E-state index in [-0.39, 0.29) is 0 Å². The van der Waals surface area contributed by atoms with Crippen LogP contribution >= 0.6 is 11.6 Å². The average Bonchev–Trinajstić information content (AvgIpc) is 2.33. The maximum absolute atomic E-state index is 6.25. The van der Waals surface area contributed by atoms with Crippen LogP contribution in [0.1, 0.15) is 5.56 Å². The topological polar surface area (TPSA) is 38.0 Å². The second-order valence-electron chi connectivity index (χ2n) is 3.94. The van der Waals surface area contributed by atoms with Gasteiger partial charge in [0.2, 0.25) is 0 Å². The molecule has 0 fully saturated rings. The number of halogens is 1. The van der Waals surface area contributed by atoms with Gasteiger partial charge in [0.05, 0.1) is 10.7 Å². The van der Waals surface area contributed by atoms with Gasteiger partial charge in [0.1, 0.15) is 0 Å². The first-order valence-corrected chi connectivity index (χ1v) is 5.84. The second-order valence-corrected chi connectivity index (χ2v) is 4.31. The quantitative estimate of drug-likeness (QED) is 0.788. The van der Waals surface area contributed by atoms with Crippen molar-refractivity contribution in [3.8, 4) is 11.1 Å². The third-order valence-corrected chi connectivity index (χ3v) is 3.34. The molecule has 88 valence electrons. The van der Waals surface area contributed by atoms with Gasteiger partial charge in [-0.15, -0.1) is 0 Å². The third kappa shape index (κ3) is 2.08. The van der Waals surface area contributed by atoms with Crippen molar-refractivity contribution in [1.29, 1.82) is 0 Å². The molecular weight excluding hydrogens is 232 g/mol. The Hall–Kier alpha value is -1.67. The SMILES string of the molecule is CNc1cccc(-c2cccc(N)c2Cl)c1C. The Bertz CT molecular complexity index is 550. The summed E-state index contributed by atoms with van der Waals surface area (Å²) < 4.78 is 0. The van der Waals surface area contributed by atoms with Gasteiger partial charge in [-0.05, 0) is 30.2 Å². The number of hydrogen-bond acceptors (Lipinski definition) is 2. The van der Waals surface area contributed by atoms with Gasteiger partial charge in [-0.3, -0.25) is 0 Å². The van der Waals surface area contributed by atoms with E-state index < -0.39 is 0 Å². The fourth-order valence-corrected chi connectivity index (χ4v) is 2.18. The van der Waals surface area contributed by atoms with Crippen LogP contribution in [0, 0.1) is 6.92 Å². The zero-order valence-corrected chi connectivity index (χ0v) is 10.7. The summed E-state index contributed by atoms with van der Waals surface area (Å²) in [6.45, 7) is 2.07. The summed E-state index contributed by atoms with van der Waals surface area (Å²) in [6.07, 6.45) is 0. The summed E-state index contributed by atoms with van der Waals surface area (Å²) in [5, 5.41) is 3.78. The Morgan fingerprint density at radius 2 is 1.71 bits per heavy atom. The molecule has 0 atom stereocenters. The van der Waals surface area contributed by atoms with Crippen molar-refractivity contribution < 1.29 is 0 Å². The Balaban J connectivity index is 2.65. The maximum atomic E-state index is 6.25. The van der Waals surface area contributed by atoms with Crippen LogP contribution in [-0.2, 0) is 0 Å². The van der Waals surface area contributed by atoms with Crippen LogP contribution in [0.2, 0.25) is 5.02 Å². The highest BCUT2D eigenvalue weighted by molar-refractivity contribution is 6.35. The van der Waals surface area contributed by atoms with Crippen molar-refractivity contribution in [2.75, 3.05) is 18.1 Å². The lowest BCUT2D eigenvalue weighted by Gasteiger charge is -2.13. The first-order valence-electron chi connectivity index (χ1n) is 5.47. The van der Waals surface area contributed by atoms with E-state index in [0.29, 0.717) is 10.7 Å². The zero-order chi connectivity index (χ0) is 12.4. The minimum absolute atomic E-state index is 0.610. The third-order valence-electron chi connectivity index (χ3n) is 2.92. The minimum Gasteiger partial charge on any atom is -0.398 e. The van der Waals surface area contributed by atoms with E-state index in [1.165, 1.54) is 5.56 Å². The predicted molar refractivity (Wildman–Crippen MR) is 75.6 cm³/mol. The first kappa shape index (κ1) is 11.8. The van der Waals surface area contributed by atoms with Crippen LogP contribution in [0.25, 0.3) is 11.1 Å². The van der Waals surface area contributed by atoms with E-state index >= 15 is 0 Å². The molecule has 0 amide bonds. The molecule has 0 heterocycles. The van der Waals surface area contributed by atoms with Crippen molar-refractivity contribution in [2.45, 2.75) is 6.92 Å². The van der Waals surface area contributed by atoms with Gasteiger partial charge in [-0.25, -0.2) is 0 Å². The Kier molecular flexibility index (Phi) is 3.25. The molecule has 0 saturated heterocycles. The Labute approximate surface area is 106 Å². The fraction of sp³-hybridized carbons (Fsp3) is 0.143. The lowest BCUT2D eigenvalue weighted by atomic mass is 9.98. The van der Waals surface area contributed by atoms with E-state index in [1.54, 1.807) is 0 Å². The smallest absolute Gasteiger partial charge is 0.0713 e. The lowest BCUT2D eigenvalue weighted by molar-refractivity contribution is 1.40. The first-order chi connectivity index (χ1) is 8.15. The highest BCUT2D eigenvalue weighted by Gasteiger charge is 2.10. The predicted octanol–water partition coefficient (Wildman–Crippen LogP) is 3.94. The van der Waals surface area contributed by atoms with Crippen LogP contribution in [0.15, 0.2) is 36.4 Å². The van der Waals surface area contributed by atoms with E-state index in [2.05, 4.69) is 18.3 Å². The van der Waals surface area contributed by atoms with Gasteiger partial charge < -0.3 is 11.1 Å². The van der Waals surface area contributed by atoms with Gasteiger partial charge >= 0.3 is 0 Å². The summed E-state index contributed by atoms with van der Waals surface area (Å²) in [6, 6.07) is 11.8. The van der Waals surface area contributed by atoms with Crippen molar-refractivity contribution in [1.82, 2.24) is 0 Å². The van der Waals surface area contributed by atoms with Crippen LogP contribution < -0.4 is 11.1 Å². The Morgan fingerprint density at radius 3 is 2.41 bits per heavy atom. The lowest BCUT2D eigenvalue weighted by Crippen LogP contribution is -1.95. The number of hydrogen-bond donors (Lipinski definition) is 2. The highest BCUT2D eigenvalue weighted by Crippen LogP contribution is 2.35. The molecule has 2 aromatic rings. The fourth-order valence-electron chi connectivity index (χ4n) is 1.96. The zero-order valence-electron chi connectivity index (χ0n) is 9.92. The van der Waals surface area contributed by atoms with Gasteiger partial charge in [0.25, 0.3) is 0 Å². The van der Waals surface area contributed by atoms with Crippen LogP contribution in [0.5, 0.6) is 0 Å². The molecule has 3 heteroatoms. The maximum Gasteiger partial charge on any atom is 0.0713 e. The summed E-state index contributed by atoms with van der Waals surface area (Å²) in [4.78, 5) is 0.